The summed E-state index contributed by atoms with van der Waals surface area (Å²) in [6.45, 7) is 6.66. The second kappa shape index (κ2) is 8.79. The van der Waals surface area contributed by atoms with E-state index in [4.69, 9.17) is 4.98 Å². The topological polar surface area (TPSA) is 67.2 Å². The van der Waals surface area contributed by atoms with Gasteiger partial charge in [-0.1, -0.05) is 17.7 Å². The lowest BCUT2D eigenvalue weighted by atomic mass is 9.97. The molecule has 1 aliphatic heterocycles. The number of hydrogen-bond donors (Lipinski definition) is 1. The lowest BCUT2D eigenvalue weighted by molar-refractivity contribution is -0.116. The van der Waals surface area contributed by atoms with E-state index in [0.717, 1.165) is 59.4 Å². The Kier molecular flexibility index (Phi) is 5.86. The summed E-state index contributed by atoms with van der Waals surface area (Å²) < 4.78 is 1.63. The third-order valence-corrected chi connectivity index (χ3v) is 7.86. The van der Waals surface area contributed by atoms with Crippen LogP contribution in [0.4, 0.5) is 5.69 Å². The van der Waals surface area contributed by atoms with Crippen molar-refractivity contribution in [2.45, 2.75) is 65.5 Å². The number of aryl methyl sites for hydroxylation is 4. The van der Waals surface area contributed by atoms with Gasteiger partial charge in [0.1, 0.15) is 17.2 Å². The second-order valence-corrected chi connectivity index (χ2v) is 10.2. The first-order valence-electron chi connectivity index (χ1n) is 11.6. The number of nitrogens with one attached hydrogen (secondary N) is 1. The van der Waals surface area contributed by atoms with Crippen LogP contribution in [-0.2, 0) is 30.7 Å². The molecule has 1 amide bonds. The van der Waals surface area contributed by atoms with E-state index in [-0.39, 0.29) is 18.0 Å². The number of anilines is 1. The molecule has 2 aliphatic rings. The Morgan fingerprint density at radius 2 is 1.91 bits per heavy atom. The predicted octanol–water partition coefficient (Wildman–Crippen LogP) is 4.19. The van der Waals surface area contributed by atoms with E-state index in [1.807, 2.05) is 32.0 Å². The summed E-state index contributed by atoms with van der Waals surface area (Å²) in [5.74, 6) is 0.519. The summed E-state index contributed by atoms with van der Waals surface area (Å²) in [7, 11) is 0. The minimum atomic E-state index is -0.188. The molecule has 1 saturated heterocycles. The van der Waals surface area contributed by atoms with Crippen LogP contribution < -0.4 is 10.9 Å². The van der Waals surface area contributed by atoms with E-state index in [2.05, 4.69) is 10.2 Å². The number of amides is 1. The third-order valence-electron chi connectivity index (χ3n) is 6.68. The standard InChI is InChI=1S/C25H30N4O2S/c1-16-9-10-19(17(2)13-16)26-22(30)15-29-21(14-28-11-5-6-12-28)27-24-23(25(29)31)18-7-3-4-8-20(18)32-24/h9-10,13H,3-8,11-12,14-15H2,1-2H3,(H,26,30). The molecule has 3 aromatic rings. The van der Waals surface area contributed by atoms with Gasteiger partial charge < -0.3 is 5.32 Å². The maximum Gasteiger partial charge on any atom is 0.263 e. The maximum atomic E-state index is 13.7. The van der Waals surface area contributed by atoms with Crippen molar-refractivity contribution in [1.29, 1.82) is 0 Å². The van der Waals surface area contributed by atoms with Crippen molar-refractivity contribution < 1.29 is 4.79 Å². The molecule has 5 rings (SSSR count). The molecule has 0 unspecified atom stereocenters. The number of carbonyl (C=O) groups excluding carboxylic acids is 1. The van der Waals surface area contributed by atoms with Crippen molar-refractivity contribution in [3.63, 3.8) is 0 Å². The first-order valence-corrected chi connectivity index (χ1v) is 12.4. The van der Waals surface area contributed by atoms with Crippen molar-refractivity contribution in [3.8, 4) is 0 Å². The Balaban J connectivity index is 1.52. The lowest BCUT2D eigenvalue weighted by Crippen LogP contribution is -2.34. The normalized spacial score (nSPS) is 16.4. The van der Waals surface area contributed by atoms with Crippen molar-refractivity contribution in [2.24, 2.45) is 0 Å². The number of hydrogen-bond acceptors (Lipinski definition) is 5. The molecule has 1 aliphatic carbocycles. The largest absolute Gasteiger partial charge is 0.324 e. The van der Waals surface area contributed by atoms with E-state index in [1.54, 1.807) is 15.9 Å². The van der Waals surface area contributed by atoms with Crippen LogP contribution in [-0.4, -0.2) is 33.4 Å². The molecule has 0 atom stereocenters. The van der Waals surface area contributed by atoms with Crippen LogP contribution >= 0.6 is 11.3 Å². The molecule has 1 N–H and O–H groups in total. The zero-order chi connectivity index (χ0) is 22.2. The van der Waals surface area contributed by atoms with Crippen molar-refractivity contribution in [3.05, 3.63) is 55.9 Å². The molecule has 0 spiro atoms. The van der Waals surface area contributed by atoms with E-state index < -0.39 is 0 Å². The van der Waals surface area contributed by atoms with Crippen LogP contribution in [0.25, 0.3) is 10.2 Å². The number of thiophene rings is 1. The van der Waals surface area contributed by atoms with Crippen LogP contribution in [0.5, 0.6) is 0 Å². The zero-order valence-corrected chi connectivity index (χ0v) is 19.7. The van der Waals surface area contributed by atoms with Crippen molar-refractivity contribution >= 4 is 33.1 Å². The third kappa shape index (κ3) is 4.11. The van der Waals surface area contributed by atoms with Gasteiger partial charge in [0.25, 0.3) is 5.56 Å². The summed E-state index contributed by atoms with van der Waals surface area (Å²) in [4.78, 5) is 36.1. The summed E-state index contributed by atoms with van der Waals surface area (Å²) in [5, 5.41) is 3.75. The number of carbonyl (C=O) groups is 1. The summed E-state index contributed by atoms with van der Waals surface area (Å²) in [5.41, 5.74) is 4.08. The highest BCUT2D eigenvalue weighted by atomic mass is 32.1. The minimum Gasteiger partial charge on any atom is -0.324 e. The Hall–Kier alpha value is -2.51. The fraction of sp³-hybridized carbons (Fsp3) is 0.480. The molecule has 168 valence electrons. The van der Waals surface area contributed by atoms with Crippen molar-refractivity contribution in [1.82, 2.24) is 14.5 Å². The van der Waals surface area contributed by atoms with Gasteiger partial charge in [-0.3, -0.25) is 19.1 Å². The fourth-order valence-corrected chi connectivity index (χ4v) is 6.26. The average molecular weight is 451 g/mol. The van der Waals surface area contributed by atoms with Crippen LogP contribution in [0.3, 0.4) is 0 Å². The van der Waals surface area contributed by atoms with Gasteiger partial charge in [0, 0.05) is 10.6 Å². The average Bonchev–Trinajstić information content (AvgIpc) is 3.40. The van der Waals surface area contributed by atoms with E-state index in [0.29, 0.717) is 12.4 Å². The van der Waals surface area contributed by atoms with Crippen LogP contribution in [0.2, 0.25) is 0 Å². The van der Waals surface area contributed by atoms with Gasteiger partial charge in [-0.2, -0.15) is 0 Å². The van der Waals surface area contributed by atoms with Gasteiger partial charge in [0.15, 0.2) is 0 Å². The molecule has 3 heterocycles. The number of nitrogens with zero attached hydrogens (tertiary/aromatic N) is 3. The van der Waals surface area contributed by atoms with Crippen molar-refractivity contribution in [2.75, 3.05) is 18.4 Å². The van der Waals surface area contributed by atoms with Gasteiger partial charge in [-0.25, -0.2) is 4.98 Å². The minimum absolute atomic E-state index is 0.0110. The van der Waals surface area contributed by atoms with Crippen LogP contribution in [0.1, 0.15) is 53.1 Å². The maximum absolute atomic E-state index is 13.7. The molecular weight excluding hydrogens is 420 g/mol. The van der Waals surface area contributed by atoms with E-state index in [1.165, 1.54) is 29.7 Å². The van der Waals surface area contributed by atoms with Crippen LogP contribution in [0.15, 0.2) is 23.0 Å². The Bertz CT molecular complexity index is 1240. The molecule has 32 heavy (non-hydrogen) atoms. The quantitative estimate of drug-likeness (QED) is 0.633. The molecule has 1 aromatic carbocycles. The molecular formula is C25H30N4O2S. The van der Waals surface area contributed by atoms with Gasteiger partial charge in [0.2, 0.25) is 5.91 Å². The van der Waals surface area contributed by atoms with E-state index in [9.17, 15) is 9.59 Å². The molecule has 6 nitrogen and oxygen atoms in total. The number of fused-ring (bicyclic) bond motifs is 3. The van der Waals surface area contributed by atoms with Gasteiger partial charge in [-0.15, -0.1) is 11.3 Å². The molecule has 0 bridgehead atoms. The highest BCUT2D eigenvalue weighted by Crippen LogP contribution is 2.34. The first-order chi connectivity index (χ1) is 15.5. The summed E-state index contributed by atoms with van der Waals surface area (Å²) in [6, 6.07) is 5.96. The molecule has 2 aromatic heterocycles. The van der Waals surface area contributed by atoms with Gasteiger partial charge in [0.05, 0.1) is 11.9 Å². The zero-order valence-electron chi connectivity index (χ0n) is 18.9. The summed E-state index contributed by atoms with van der Waals surface area (Å²) >= 11 is 1.68. The second-order valence-electron chi connectivity index (χ2n) is 9.16. The Morgan fingerprint density at radius 1 is 1.12 bits per heavy atom. The molecule has 0 saturated carbocycles. The first kappa shape index (κ1) is 21.3. The number of aromatic nitrogens is 2. The number of likely N-dealkylation sites (tertiary alicyclic amines) is 1. The lowest BCUT2D eigenvalue weighted by Gasteiger charge is -2.18. The highest BCUT2D eigenvalue weighted by Gasteiger charge is 2.24. The Labute approximate surface area is 192 Å². The smallest absolute Gasteiger partial charge is 0.263 e. The fourth-order valence-electron chi connectivity index (χ4n) is 4.99. The SMILES string of the molecule is Cc1ccc(NC(=O)Cn2c(CN3CCCC3)nc3sc4c(c3c2=O)CCCC4)c(C)c1. The highest BCUT2D eigenvalue weighted by molar-refractivity contribution is 7.18. The predicted molar refractivity (Wildman–Crippen MR) is 130 cm³/mol. The molecule has 0 radical (unpaired) electrons. The Morgan fingerprint density at radius 3 is 2.69 bits per heavy atom. The summed E-state index contributed by atoms with van der Waals surface area (Å²) in [6.07, 6.45) is 6.60. The van der Waals surface area contributed by atoms with E-state index >= 15 is 0 Å². The number of benzene rings is 1. The monoisotopic (exact) mass is 450 g/mol. The number of rotatable bonds is 5. The van der Waals surface area contributed by atoms with Gasteiger partial charge >= 0.3 is 0 Å². The van der Waals surface area contributed by atoms with Gasteiger partial charge in [-0.05, 0) is 82.7 Å². The van der Waals surface area contributed by atoms with Crippen LogP contribution in [0, 0.1) is 13.8 Å². The molecule has 7 heteroatoms. The molecule has 1 fully saturated rings.